The summed E-state index contributed by atoms with van der Waals surface area (Å²) in [7, 11) is 0. The van der Waals surface area contributed by atoms with Crippen molar-refractivity contribution in [2.75, 3.05) is 39.4 Å². The number of carbonyl (C=O) groups excluding carboxylic acids is 4. The molecule has 1 rings (SSSR count). The summed E-state index contributed by atoms with van der Waals surface area (Å²) < 4.78 is 14.8. The molecule has 9 nitrogen and oxygen atoms in total. The highest BCUT2D eigenvalue weighted by Crippen LogP contribution is 2.11. The van der Waals surface area contributed by atoms with Crippen LogP contribution in [0, 0.1) is 0 Å². The van der Waals surface area contributed by atoms with Crippen molar-refractivity contribution in [1.29, 1.82) is 0 Å². The number of ether oxygens (including phenoxy) is 3. The van der Waals surface area contributed by atoms with E-state index in [1.807, 2.05) is 0 Å². The van der Waals surface area contributed by atoms with Gasteiger partial charge in [-0.1, -0.05) is 19.7 Å². The van der Waals surface area contributed by atoms with Gasteiger partial charge >= 0.3 is 23.9 Å². The van der Waals surface area contributed by atoms with E-state index in [2.05, 4.69) is 19.7 Å². The zero-order valence-corrected chi connectivity index (χ0v) is 14.4. The van der Waals surface area contributed by atoms with Crippen LogP contribution in [-0.4, -0.2) is 79.2 Å². The molecule has 0 bridgehead atoms. The Hall–Kier alpha value is -3.10. The SMILES string of the molecule is C=CC(=O)OCCN1CCN(CC(COC(=O)C=C)OC(=O)C=C)C1=O. The molecular formula is C17H22N2O7. The van der Waals surface area contributed by atoms with E-state index in [0.717, 1.165) is 18.2 Å². The Balaban J connectivity index is 2.56. The largest absolute Gasteiger partial charge is 0.461 e. The first-order valence-electron chi connectivity index (χ1n) is 7.86. The molecule has 1 aliphatic heterocycles. The standard InChI is InChI=1S/C17H22N2O7/c1-4-14(20)24-10-9-18-7-8-19(17(18)23)11-13(26-16(22)6-3)12-25-15(21)5-2/h4-6,13H,1-3,7-12H2. The zero-order valence-electron chi connectivity index (χ0n) is 14.4. The highest BCUT2D eigenvalue weighted by atomic mass is 16.6. The number of urea groups is 1. The number of rotatable bonds is 11. The molecule has 1 unspecified atom stereocenters. The van der Waals surface area contributed by atoms with Gasteiger partial charge in [0.2, 0.25) is 0 Å². The van der Waals surface area contributed by atoms with E-state index in [0.29, 0.717) is 13.1 Å². The van der Waals surface area contributed by atoms with E-state index in [1.165, 1.54) is 9.80 Å². The average Bonchev–Trinajstić information content (AvgIpc) is 2.98. The van der Waals surface area contributed by atoms with Gasteiger partial charge in [0.15, 0.2) is 6.10 Å². The third-order valence-corrected chi connectivity index (χ3v) is 3.40. The van der Waals surface area contributed by atoms with Crippen LogP contribution >= 0.6 is 0 Å². The fourth-order valence-electron chi connectivity index (χ4n) is 2.14. The first-order valence-corrected chi connectivity index (χ1v) is 7.86. The van der Waals surface area contributed by atoms with Gasteiger partial charge in [0.25, 0.3) is 0 Å². The fourth-order valence-corrected chi connectivity index (χ4v) is 2.14. The van der Waals surface area contributed by atoms with Crippen LogP contribution in [0.25, 0.3) is 0 Å². The molecule has 0 radical (unpaired) electrons. The maximum absolute atomic E-state index is 12.3. The Kier molecular flexibility index (Phi) is 8.62. The minimum Gasteiger partial charge on any atom is -0.461 e. The van der Waals surface area contributed by atoms with Gasteiger partial charge in [-0.2, -0.15) is 0 Å². The van der Waals surface area contributed by atoms with E-state index in [-0.39, 0.29) is 32.3 Å². The summed E-state index contributed by atoms with van der Waals surface area (Å²) >= 11 is 0. The maximum Gasteiger partial charge on any atom is 0.330 e. The van der Waals surface area contributed by atoms with Crippen molar-refractivity contribution < 1.29 is 33.4 Å². The minimum atomic E-state index is -0.841. The highest BCUT2D eigenvalue weighted by molar-refractivity contribution is 5.82. The topological polar surface area (TPSA) is 102 Å². The lowest BCUT2D eigenvalue weighted by Gasteiger charge is -2.23. The van der Waals surface area contributed by atoms with Gasteiger partial charge in [-0.25, -0.2) is 19.2 Å². The molecule has 0 aromatic rings. The van der Waals surface area contributed by atoms with Crippen LogP contribution in [0.5, 0.6) is 0 Å². The number of hydrogen-bond acceptors (Lipinski definition) is 7. The van der Waals surface area contributed by atoms with Gasteiger partial charge in [0.05, 0.1) is 13.1 Å². The van der Waals surface area contributed by atoms with Crippen molar-refractivity contribution in [3.05, 3.63) is 38.0 Å². The van der Waals surface area contributed by atoms with Gasteiger partial charge in [-0.3, -0.25) is 0 Å². The summed E-state index contributed by atoms with van der Waals surface area (Å²) in [5.41, 5.74) is 0. The van der Waals surface area contributed by atoms with Crippen molar-refractivity contribution in [2.24, 2.45) is 0 Å². The molecule has 1 fully saturated rings. The van der Waals surface area contributed by atoms with Crippen LogP contribution in [0.3, 0.4) is 0 Å². The molecule has 0 N–H and O–H groups in total. The summed E-state index contributed by atoms with van der Waals surface area (Å²) in [5.74, 6) is -1.92. The molecule has 2 amide bonds. The highest BCUT2D eigenvalue weighted by Gasteiger charge is 2.31. The maximum atomic E-state index is 12.3. The lowest BCUT2D eigenvalue weighted by atomic mass is 10.3. The second-order valence-corrected chi connectivity index (χ2v) is 5.18. The van der Waals surface area contributed by atoms with Gasteiger partial charge < -0.3 is 24.0 Å². The molecule has 0 aromatic heterocycles. The molecule has 0 aromatic carbocycles. The smallest absolute Gasteiger partial charge is 0.330 e. The van der Waals surface area contributed by atoms with Crippen molar-refractivity contribution in [1.82, 2.24) is 9.80 Å². The molecule has 1 saturated heterocycles. The summed E-state index contributed by atoms with van der Waals surface area (Å²) in [5, 5.41) is 0. The number of hydrogen-bond donors (Lipinski definition) is 0. The van der Waals surface area contributed by atoms with E-state index in [4.69, 9.17) is 14.2 Å². The Labute approximate surface area is 151 Å². The van der Waals surface area contributed by atoms with E-state index in [1.54, 1.807) is 0 Å². The monoisotopic (exact) mass is 366 g/mol. The van der Waals surface area contributed by atoms with Crippen LogP contribution < -0.4 is 0 Å². The quantitative estimate of drug-likeness (QED) is 0.294. The molecule has 0 saturated carbocycles. The van der Waals surface area contributed by atoms with Gasteiger partial charge in [-0.15, -0.1) is 0 Å². The Bertz CT molecular complexity index is 588. The lowest BCUT2D eigenvalue weighted by Crippen LogP contribution is -2.41. The number of esters is 3. The Morgan fingerprint density at radius 2 is 1.54 bits per heavy atom. The third-order valence-electron chi connectivity index (χ3n) is 3.40. The molecule has 1 heterocycles. The van der Waals surface area contributed by atoms with E-state index < -0.39 is 24.0 Å². The summed E-state index contributed by atoms with van der Waals surface area (Å²) in [4.78, 5) is 48.9. The Morgan fingerprint density at radius 3 is 2.15 bits per heavy atom. The van der Waals surface area contributed by atoms with Gasteiger partial charge in [0.1, 0.15) is 13.2 Å². The van der Waals surface area contributed by atoms with E-state index >= 15 is 0 Å². The Morgan fingerprint density at radius 1 is 0.962 bits per heavy atom. The fraction of sp³-hybridized carbons (Fsp3) is 0.412. The molecule has 1 aliphatic rings. The second-order valence-electron chi connectivity index (χ2n) is 5.18. The van der Waals surface area contributed by atoms with Crippen LogP contribution in [0.15, 0.2) is 38.0 Å². The van der Waals surface area contributed by atoms with Crippen molar-refractivity contribution in [3.63, 3.8) is 0 Å². The molecule has 0 spiro atoms. The number of carbonyl (C=O) groups is 4. The average molecular weight is 366 g/mol. The number of nitrogens with zero attached hydrogens (tertiary/aromatic N) is 2. The first kappa shape index (κ1) is 20.9. The van der Waals surface area contributed by atoms with Crippen LogP contribution in [0.4, 0.5) is 4.79 Å². The van der Waals surface area contributed by atoms with Crippen molar-refractivity contribution in [2.45, 2.75) is 6.10 Å². The number of amides is 2. The summed E-state index contributed by atoms with van der Waals surface area (Å²) in [6.45, 7) is 10.8. The predicted octanol–water partition coefficient (Wildman–Crippen LogP) is 0.280. The molecule has 0 aliphatic carbocycles. The predicted molar refractivity (Wildman–Crippen MR) is 90.9 cm³/mol. The van der Waals surface area contributed by atoms with Crippen LogP contribution in [-0.2, 0) is 28.6 Å². The molecule has 26 heavy (non-hydrogen) atoms. The first-order chi connectivity index (χ1) is 12.4. The summed E-state index contributed by atoms with van der Waals surface area (Å²) in [6.07, 6.45) is 2.17. The summed E-state index contributed by atoms with van der Waals surface area (Å²) in [6, 6.07) is -0.297. The molecular weight excluding hydrogens is 344 g/mol. The van der Waals surface area contributed by atoms with Crippen LogP contribution in [0.2, 0.25) is 0 Å². The van der Waals surface area contributed by atoms with Gasteiger partial charge in [-0.05, 0) is 0 Å². The van der Waals surface area contributed by atoms with Crippen molar-refractivity contribution >= 4 is 23.9 Å². The van der Waals surface area contributed by atoms with Gasteiger partial charge in [0, 0.05) is 31.3 Å². The normalized spacial score (nSPS) is 14.4. The van der Waals surface area contributed by atoms with E-state index in [9.17, 15) is 19.2 Å². The third kappa shape index (κ3) is 6.80. The van der Waals surface area contributed by atoms with Crippen LogP contribution in [0.1, 0.15) is 0 Å². The minimum absolute atomic E-state index is 0.0474. The second kappa shape index (κ2) is 10.7. The molecule has 142 valence electrons. The van der Waals surface area contributed by atoms with Crippen molar-refractivity contribution in [3.8, 4) is 0 Å². The molecule has 9 heteroatoms. The lowest BCUT2D eigenvalue weighted by molar-refractivity contribution is -0.153. The molecule has 1 atom stereocenters. The zero-order chi connectivity index (χ0) is 19.5.